The number of H-pyrrole nitrogens is 1. The van der Waals surface area contributed by atoms with E-state index in [2.05, 4.69) is 20.9 Å². The zero-order valence-corrected chi connectivity index (χ0v) is 25.2. The van der Waals surface area contributed by atoms with Gasteiger partial charge in [0, 0.05) is 35.2 Å². The number of fused-ring (bicyclic) bond motifs is 1. The molecule has 45 heavy (non-hydrogen) atoms. The van der Waals surface area contributed by atoms with Crippen LogP contribution < -0.4 is 27.4 Å². The minimum absolute atomic E-state index is 0.106. The number of para-hydroxylation sites is 2. The zero-order chi connectivity index (χ0) is 33.1. The predicted molar refractivity (Wildman–Crippen MR) is 167 cm³/mol. The molecule has 0 aliphatic carbocycles. The van der Waals surface area contributed by atoms with Crippen LogP contribution in [0.1, 0.15) is 24.0 Å². The molecule has 2 aromatic carbocycles. The van der Waals surface area contributed by atoms with Crippen molar-refractivity contribution in [2.24, 2.45) is 11.5 Å². The van der Waals surface area contributed by atoms with E-state index in [0.717, 1.165) is 16.5 Å². The summed E-state index contributed by atoms with van der Waals surface area (Å²) in [5.74, 6) is -4.55. The SMILES string of the molecule is CSCC[C@H](NC(=O)[C@H](N)Cc1c[nH]c2ccccc12)C(=O)N[C@@H](CC(=O)O)C(=O)N[C@@H](Cc1ccccc1[N+](=O)[O-])C(N)=O. The number of aliphatic carboxylic acids is 1. The molecule has 0 saturated carbocycles. The van der Waals surface area contributed by atoms with Gasteiger partial charge in [0.2, 0.25) is 23.6 Å². The van der Waals surface area contributed by atoms with Crippen molar-refractivity contribution in [1.82, 2.24) is 20.9 Å². The molecule has 240 valence electrons. The quantitative estimate of drug-likeness (QED) is 0.0786. The fourth-order valence-electron chi connectivity index (χ4n) is 4.65. The van der Waals surface area contributed by atoms with Crippen LogP contribution in [0, 0.1) is 10.1 Å². The fraction of sp³-hybridized carbons (Fsp3) is 0.345. The van der Waals surface area contributed by atoms with Gasteiger partial charge in [0.15, 0.2) is 0 Å². The van der Waals surface area contributed by atoms with Crippen molar-refractivity contribution in [1.29, 1.82) is 0 Å². The lowest BCUT2D eigenvalue weighted by Gasteiger charge is -2.25. The lowest BCUT2D eigenvalue weighted by Crippen LogP contribution is -2.58. The molecule has 1 heterocycles. The van der Waals surface area contributed by atoms with Gasteiger partial charge in [-0.25, -0.2) is 0 Å². The summed E-state index contributed by atoms with van der Waals surface area (Å²) in [5.41, 5.74) is 13.1. The Bertz CT molecular complexity index is 1560. The molecule has 0 radical (unpaired) electrons. The molecule has 0 unspecified atom stereocenters. The summed E-state index contributed by atoms with van der Waals surface area (Å²) < 4.78 is 0. The van der Waals surface area contributed by atoms with Gasteiger partial charge in [0.1, 0.15) is 18.1 Å². The number of nitrogens with one attached hydrogen (secondary N) is 4. The normalized spacial score (nSPS) is 13.6. The number of hydrogen-bond acceptors (Lipinski definition) is 9. The van der Waals surface area contributed by atoms with Crippen molar-refractivity contribution in [2.45, 2.75) is 49.9 Å². The fourth-order valence-corrected chi connectivity index (χ4v) is 5.12. The first kappa shape index (κ1) is 34.5. The number of carbonyl (C=O) groups excluding carboxylic acids is 4. The molecule has 4 amide bonds. The van der Waals surface area contributed by atoms with Gasteiger partial charge in [-0.05, 0) is 36.5 Å². The predicted octanol–water partition coefficient (Wildman–Crippen LogP) is 0.356. The van der Waals surface area contributed by atoms with Crippen LogP contribution in [0.25, 0.3) is 10.9 Å². The molecule has 16 heteroatoms. The molecule has 0 spiro atoms. The molecule has 0 fully saturated rings. The number of nitrogens with two attached hydrogens (primary N) is 2. The second kappa shape index (κ2) is 16.2. The first-order valence-corrected chi connectivity index (χ1v) is 15.2. The summed E-state index contributed by atoms with van der Waals surface area (Å²) in [6, 6.07) is 7.72. The number of amides is 4. The monoisotopic (exact) mass is 641 g/mol. The van der Waals surface area contributed by atoms with Crippen LogP contribution in [-0.2, 0) is 36.8 Å². The Balaban J connectivity index is 1.72. The van der Waals surface area contributed by atoms with Gasteiger partial charge < -0.3 is 37.5 Å². The molecule has 3 aromatic rings. The van der Waals surface area contributed by atoms with E-state index in [-0.39, 0.29) is 30.5 Å². The van der Waals surface area contributed by atoms with Gasteiger partial charge in [-0.3, -0.25) is 34.1 Å². The Morgan fingerprint density at radius 2 is 1.53 bits per heavy atom. The third-order valence-corrected chi connectivity index (χ3v) is 7.62. The van der Waals surface area contributed by atoms with Gasteiger partial charge in [-0.1, -0.05) is 36.4 Å². The molecule has 1 aromatic heterocycles. The van der Waals surface area contributed by atoms with Crippen LogP contribution in [0.5, 0.6) is 0 Å². The molecular formula is C29H35N7O8S. The number of primary amides is 1. The number of carboxylic acids is 1. The van der Waals surface area contributed by atoms with Gasteiger partial charge in [0.25, 0.3) is 5.69 Å². The van der Waals surface area contributed by atoms with Crippen LogP contribution in [0.2, 0.25) is 0 Å². The first-order valence-electron chi connectivity index (χ1n) is 13.8. The van der Waals surface area contributed by atoms with Crippen LogP contribution in [0.4, 0.5) is 5.69 Å². The molecule has 0 aliphatic rings. The average molecular weight is 642 g/mol. The van der Waals surface area contributed by atoms with Gasteiger partial charge >= 0.3 is 5.97 Å². The Hall–Kier alpha value is -4.96. The molecule has 15 nitrogen and oxygen atoms in total. The lowest BCUT2D eigenvalue weighted by molar-refractivity contribution is -0.385. The Morgan fingerprint density at radius 1 is 0.911 bits per heavy atom. The number of aromatic amines is 1. The summed E-state index contributed by atoms with van der Waals surface area (Å²) in [5, 5.41) is 29.0. The van der Waals surface area contributed by atoms with Gasteiger partial charge in [-0.15, -0.1) is 0 Å². The summed E-state index contributed by atoms with van der Waals surface area (Å²) >= 11 is 1.40. The smallest absolute Gasteiger partial charge is 0.305 e. The number of benzene rings is 2. The van der Waals surface area contributed by atoms with Crippen LogP contribution in [0.15, 0.2) is 54.7 Å². The lowest BCUT2D eigenvalue weighted by atomic mass is 10.0. The number of nitrogens with zero attached hydrogens (tertiary/aromatic N) is 1. The third kappa shape index (κ3) is 9.77. The van der Waals surface area contributed by atoms with Crippen molar-refractivity contribution in [3.8, 4) is 0 Å². The molecular weight excluding hydrogens is 606 g/mol. The highest BCUT2D eigenvalue weighted by molar-refractivity contribution is 7.98. The molecule has 0 saturated heterocycles. The molecule has 3 rings (SSSR count). The number of hydrogen-bond donors (Lipinski definition) is 7. The average Bonchev–Trinajstić information content (AvgIpc) is 3.40. The summed E-state index contributed by atoms with van der Waals surface area (Å²) in [6.45, 7) is 0. The topological polar surface area (TPSA) is 253 Å². The molecule has 0 bridgehead atoms. The Morgan fingerprint density at radius 3 is 2.20 bits per heavy atom. The van der Waals surface area contributed by atoms with Crippen LogP contribution in [-0.4, -0.2) is 80.8 Å². The Kier molecular flexibility index (Phi) is 12.4. The highest BCUT2D eigenvalue weighted by Crippen LogP contribution is 2.20. The first-order chi connectivity index (χ1) is 21.4. The minimum atomic E-state index is -1.67. The molecule has 0 aliphatic heterocycles. The number of carbonyl (C=O) groups is 5. The third-order valence-electron chi connectivity index (χ3n) is 6.98. The van der Waals surface area contributed by atoms with Crippen molar-refractivity contribution in [3.05, 3.63) is 76.0 Å². The highest BCUT2D eigenvalue weighted by atomic mass is 32.2. The van der Waals surface area contributed by atoms with E-state index in [9.17, 15) is 39.2 Å². The van der Waals surface area contributed by atoms with Gasteiger partial charge in [0.05, 0.1) is 17.4 Å². The number of nitro benzene ring substituents is 1. The number of nitro groups is 1. The Labute approximate surface area is 262 Å². The maximum absolute atomic E-state index is 13.3. The number of carboxylic acid groups (broad SMARTS) is 1. The van der Waals surface area contributed by atoms with E-state index in [1.54, 1.807) is 12.5 Å². The summed E-state index contributed by atoms with van der Waals surface area (Å²) in [4.78, 5) is 77.1. The van der Waals surface area contributed by atoms with Crippen molar-refractivity contribution < 1.29 is 34.0 Å². The summed E-state index contributed by atoms with van der Waals surface area (Å²) in [6.07, 6.45) is 2.64. The zero-order valence-electron chi connectivity index (χ0n) is 24.4. The minimum Gasteiger partial charge on any atom is -0.481 e. The highest BCUT2D eigenvalue weighted by Gasteiger charge is 2.32. The number of rotatable bonds is 17. The van der Waals surface area contributed by atoms with Crippen LogP contribution in [0.3, 0.4) is 0 Å². The second-order valence-corrected chi connectivity index (χ2v) is 11.2. The van der Waals surface area contributed by atoms with E-state index >= 15 is 0 Å². The largest absolute Gasteiger partial charge is 0.481 e. The maximum Gasteiger partial charge on any atom is 0.305 e. The van der Waals surface area contributed by atoms with E-state index < -0.39 is 65.1 Å². The van der Waals surface area contributed by atoms with Gasteiger partial charge in [-0.2, -0.15) is 11.8 Å². The standard InChI is InChI=1S/C29H35N7O8S/c1-45-11-10-21(33-27(40)19(30)12-17-15-32-20-8-4-3-7-18(17)20)28(41)35-23(14-25(37)38)29(42)34-22(26(31)39)13-16-6-2-5-9-24(16)36(43)44/h2-9,15,19,21-23,32H,10-14,30H2,1H3,(H2,31,39)(H,33,40)(H,34,42)(H,35,41)(H,37,38)/t19-,21+,22+,23+/m1/s1. The van der Waals surface area contributed by atoms with E-state index in [1.165, 1.54) is 36.0 Å². The maximum atomic E-state index is 13.3. The van der Waals surface area contributed by atoms with Crippen molar-refractivity contribution >= 4 is 58.0 Å². The van der Waals surface area contributed by atoms with E-state index in [1.807, 2.05) is 24.3 Å². The second-order valence-electron chi connectivity index (χ2n) is 10.2. The summed E-state index contributed by atoms with van der Waals surface area (Å²) in [7, 11) is 0. The van der Waals surface area contributed by atoms with E-state index in [0.29, 0.717) is 5.75 Å². The van der Waals surface area contributed by atoms with Crippen molar-refractivity contribution in [2.75, 3.05) is 12.0 Å². The van der Waals surface area contributed by atoms with E-state index in [4.69, 9.17) is 11.5 Å². The molecule has 9 N–H and O–H groups in total. The van der Waals surface area contributed by atoms with Crippen molar-refractivity contribution in [3.63, 3.8) is 0 Å². The van der Waals surface area contributed by atoms with Crippen LogP contribution >= 0.6 is 11.8 Å². The molecule has 4 atom stereocenters. The number of thioether (sulfide) groups is 1. The number of aromatic nitrogens is 1.